The number of carbonyl (C=O) groups is 2. The zero-order valence-corrected chi connectivity index (χ0v) is 15.5. The van der Waals surface area contributed by atoms with Crippen LogP contribution in [0.5, 0.6) is 0 Å². The number of aryl methyl sites for hydroxylation is 1. The summed E-state index contributed by atoms with van der Waals surface area (Å²) in [4.78, 5) is 45.5. The minimum absolute atomic E-state index is 0.0531. The molecular formula is C18H26N4O5. The number of morpholine rings is 1. The average Bonchev–Trinajstić information content (AvgIpc) is 3.11. The minimum Gasteiger partial charge on any atom is -0.480 e. The van der Waals surface area contributed by atoms with Crippen LogP contribution in [-0.4, -0.2) is 58.8 Å². The molecule has 1 saturated heterocycles. The molecular weight excluding hydrogens is 352 g/mol. The quantitative estimate of drug-likeness (QED) is 0.653. The first-order valence-electron chi connectivity index (χ1n) is 9.38. The number of carbonyl (C=O) groups excluding carboxylic acids is 1. The molecule has 0 aromatic carbocycles. The van der Waals surface area contributed by atoms with E-state index < -0.39 is 11.5 Å². The molecule has 1 aliphatic heterocycles. The molecule has 27 heavy (non-hydrogen) atoms. The van der Waals surface area contributed by atoms with Gasteiger partial charge in [-0.1, -0.05) is 12.8 Å². The second-order valence-corrected chi connectivity index (χ2v) is 7.20. The Labute approximate surface area is 157 Å². The van der Waals surface area contributed by atoms with Gasteiger partial charge in [-0.05, 0) is 26.2 Å². The van der Waals surface area contributed by atoms with E-state index in [1.807, 2.05) is 4.90 Å². The lowest BCUT2D eigenvalue weighted by atomic mass is 9.97. The Morgan fingerprint density at radius 3 is 2.56 bits per heavy atom. The number of nitrogens with zero attached hydrogens (tertiary/aromatic N) is 2. The molecule has 0 atom stereocenters. The predicted molar refractivity (Wildman–Crippen MR) is 97.9 cm³/mol. The van der Waals surface area contributed by atoms with Gasteiger partial charge in [-0.2, -0.15) is 0 Å². The Hall–Kier alpha value is -2.42. The van der Waals surface area contributed by atoms with Crippen LogP contribution in [-0.2, 0) is 20.7 Å². The molecule has 1 aromatic heterocycles. The summed E-state index contributed by atoms with van der Waals surface area (Å²) in [5.74, 6) is -0.820. The molecule has 3 rings (SSSR count). The summed E-state index contributed by atoms with van der Waals surface area (Å²) in [6.45, 7) is 4.27. The molecule has 1 amide bonds. The first kappa shape index (κ1) is 19.3. The van der Waals surface area contributed by atoms with E-state index in [1.165, 1.54) is 0 Å². The number of amides is 1. The number of hydrogen-bond acceptors (Lipinski definition) is 6. The normalized spacial score (nSPS) is 19.1. The molecule has 3 N–H and O–H groups in total. The van der Waals surface area contributed by atoms with Crippen LogP contribution in [0.3, 0.4) is 0 Å². The molecule has 0 unspecified atom stereocenters. The fraction of sp³-hybridized carbons (Fsp3) is 0.667. The van der Waals surface area contributed by atoms with Gasteiger partial charge in [0.05, 0.1) is 13.2 Å². The molecule has 2 fully saturated rings. The number of hydrogen-bond donors (Lipinski definition) is 3. The maximum Gasteiger partial charge on any atom is 0.329 e. The molecule has 1 aromatic rings. The third-order valence-corrected chi connectivity index (χ3v) is 5.37. The summed E-state index contributed by atoms with van der Waals surface area (Å²) in [5, 5.41) is 12.1. The number of carboxylic acids is 1. The highest BCUT2D eigenvalue weighted by molar-refractivity contribution is 5.87. The van der Waals surface area contributed by atoms with Crippen LogP contribution in [0, 0.1) is 6.92 Å². The van der Waals surface area contributed by atoms with Crippen molar-refractivity contribution >= 4 is 17.8 Å². The minimum atomic E-state index is -1.16. The molecule has 9 heteroatoms. The Kier molecular flexibility index (Phi) is 5.79. The second kappa shape index (κ2) is 8.08. The van der Waals surface area contributed by atoms with Crippen molar-refractivity contribution in [2.75, 3.05) is 31.2 Å². The van der Waals surface area contributed by atoms with Gasteiger partial charge in [0, 0.05) is 30.8 Å². The number of H-pyrrole nitrogens is 1. The molecule has 0 bridgehead atoms. The number of carboxylic acid groups (broad SMARTS) is 1. The van der Waals surface area contributed by atoms with Gasteiger partial charge >= 0.3 is 5.97 Å². The number of rotatable bonds is 6. The largest absolute Gasteiger partial charge is 0.480 e. The third kappa shape index (κ3) is 4.29. The van der Waals surface area contributed by atoms with E-state index in [4.69, 9.17) is 4.74 Å². The Morgan fingerprint density at radius 2 is 1.96 bits per heavy atom. The molecule has 0 radical (unpaired) electrons. The zero-order valence-electron chi connectivity index (χ0n) is 15.5. The summed E-state index contributed by atoms with van der Waals surface area (Å²) >= 11 is 0. The molecule has 2 heterocycles. The van der Waals surface area contributed by atoms with Gasteiger partial charge in [0.25, 0.3) is 5.56 Å². The summed E-state index contributed by atoms with van der Waals surface area (Å²) in [5.41, 5.74) is -0.373. The molecule has 1 aliphatic carbocycles. The van der Waals surface area contributed by atoms with Crippen molar-refractivity contribution in [3.8, 4) is 0 Å². The van der Waals surface area contributed by atoms with Crippen LogP contribution >= 0.6 is 0 Å². The Morgan fingerprint density at radius 1 is 1.30 bits per heavy atom. The standard InChI is InChI=1S/C18H26N4O5/c1-12-13(15(24)20-17(19-12)22-8-10-27-11-9-22)4-5-14(23)21-18(16(25)26)6-2-3-7-18/h2-11H2,1H3,(H,21,23)(H,25,26)(H,19,20,24). The second-order valence-electron chi connectivity index (χ2n) is 7.20. The van der Waals surface area contributed by atoms with E-state index in [0.29, 0.717) is 56.4 Å². The van der Waals surface area contributed by atoms with Gasteiger partial charge in [0.15, 0.2) is 0 Å². The van der Waals surface area contributed by atoms with E-state index in [0.717, 1.165) is 12.8 Å². The Balaban J connectivity index is 1.64. The van der Waals surface area contributed by atoms with Gasteiger partial charge in [0.1, 0.15) is 5.54 Å². The van der Waals surface area contributed by atoms with Crippen LogP contribution in [0.15, 0.2) is 4.79 Å². The van der Waals surface area contributed by atoms with Crippen molar-refractivity contribution in [2.24, 2.45) is 0 Å². The SMILES string of the molecule is Cc1nc(N2CCOCC2)[nH]c(=O)c1CCC(=O)NC1(C(=O)O)CCCC1. The molecule has 9 nitrogen and oxygen atoms in total. The number of aromatic nitrogens is 2. The maximum atomic E-state index is 12.5. The van der Waals surface area contributed by atoms with E-state index in [9.17, 15) is 19.5 Å². The van der Waals surface area contributed by atoms with Gasteiger partial charge in [0.2, 0.25) is 11.9 Å². The maximum absolute atomic E-state index is 12.5. The third-order valence-electron chi connectivity index (χ3n) is 5.37. The van der Waals surface area contributed by atoms with Crippen molar-refractivity contribution in [2.45, 2.75) is 51.0 Å². The van der Waals surface area contributed by atoms with Crippen molar-refractivity contribution in [1.82, 2.24) is 15.3 Å². The first-order valence-corrected chi connectivity index (χ1v) is 9.38. The number of aromatic amines is 1. The lowest BCUT2D eigenvalue weighted by Gasteiger charge is -2.27. The fourth-order valence-corrected chi connectivity index (χ4v) is 3.75. The van der Waals surface area contributed by atoms with Crippen molar-refractivity contribution in [1.29, 1.82) is 0 Å². The van der Waals surface area contributed by atoms with Crippen LogP contribution in [0.1, 0.15) is 43.4 Å². The fourth-order valence-electron chi connectivity index (χ4n) is 3.75. The molecule has 2 aliphatic rings. The highest BCUT2D eigenvalue weighted by Gasteiger charge is 2.42. The van der Waals surface area contributed by atoms with Gasteiger partial charge in [-0.25, -0.2) is 9.78 Å². The highest BCUT2D eigenvalue weighted by Crippen LogP contribution is 2.30. The summed E-state index contributed by atoms with van der Waals surface area (Å²) in [6, 6.07) is 0. The summed E-state index contributed by atoms with van der Waals surface area (Å²) in [6.07, 6.45) is 2.75. The Bertz CT molecular complexity index is 764. The molecule has 1 saturated carbocycles. The van der Waals surface area contributed by atoms with Crippen LogP contribution in [0.4, 0.5) is 5.95 Å². The number of ether oxygens (including phenoxy) is 1. The smallest absolute Gasteiger partial charge is 0.329 e. The zero-order chi connectivity index (χ0) is 19.4. The van der Waals surface area contributed by atoms with Crippen LogP contribution < -0.4 is 15.8 Å². The van der Waals surface area contributed by atoms with E-state index >= 15 is 0 Å². The van der Waals surface area contributed by atoms with Gasteiger partial charge in [-0.3, -0.25) is 14.6 Å². The average molecular weight is 378 g/mol. The summed E-state index contributed by atoms with van der Waals surface area (Å²) in [7, 11) is 0. The lowest BCUT2D eigenvalue weighted by molar-refractivity contribution is -0.147. The molecule has 148 valence electrons. The van der Waals surface area contributed by atoms with E-state index in [-0.39, 0.29) is 24.3 Å². The topological polar surface area (TPSA) is 125 Å². The number of aliphatic carboxylic acids is 1. The van der Waals surface area contributed by atoms with Gasteiger partial charge < -0.3 is 20.1 Å². The van der Waals surface area contributed by atoms with Gasteiger partial charge in [-0.15, -0.1) is 0 Å². The monoisotopic (exact) mass is 378 g/mol. The molecule has 0 spiro atoms. The van der Waals surface area contributed by atoms with Crippen molar-refractivity contribution in [3.05, 3.63) is 21.6 Å². The first-order chi connectivity index (χ1) is 12.9. The van der Waals surface area contributed by atoms with Crippen LogP contribution in [0.25, 0.3) is 0 Å². The number of nitrogens with one attached hydrogen (secondary N) is 2. The lowest BCUT2D eigenvalue weighted by Crippen LogP contribution is -2.52. The van der Waals surface area contributed by atoms with Crippen molar-refractivity contribution < 1.29 is 19.4 Å². The summed E-state index contributed by atoms with van der Waals surface area (Å²) < 4.78 is 5.30. The van der Waals surface area contributed by atoms with Crippen LogP contribution in [0.2, 0.25) is 0 Å². The number of anilines is 1. The highest BCUT2D eigenvalue weighted by atomic mass is 16.5. The van der Waals surface area contributed by atoms with E-state index in [1.54, 1.807) is 6.92 Å². The predicted octanol–water partition coefficient (Wildman–Crippen LogP) is 0.361. The van der Waals surface area contributed by atoms with Crippen molar-refractivity contribution in [3.63, 3.8) is 0 Å². The van der Waals surface area contributed by atoms with E-state index in [2.05, 4.69) is 15.3 Å².